The van der Waals surface area contributed by atoms with Crippen LogP contribution in [0.4, 0.5) is 22.0 Å². The second-order valence-electron chi connectivity index (χ2n) is 13.0. The van der Waals surface area contributed by atoms with E-state index < -0.39 is 51.1 Å². The fraction of sp³-hybridized carbons (Fsp3) is 0.485. The van der Waals surface area contributed by atoms with Crippen molar-refractivity contribution < 1.29 is 36.1 Å². The van der Waals surface area contributed by atoms with Crippen LogP contribution in [0.15, 0.2) is 76.2 Å². The lowest BCUT2D eigenvalue weighted by atomic mass is 9.50. The third-order valence-corrected chi connectivity index (χ3v) is 11.9. The number of rotatable bonds is 4. The summed E-state index contributed by atoms with van der Waals surface area (Å²) in [5.74, 6) is -6.56. The van der Waals surface area contributed by atoms with Crippen molar-refractivity contribution in [3.8, 4) is 11.1 Å². The van der Waals surface area contributed by atoms with Crippen LogP contribution < -0.4 is 0 Å². The number of alkyl halides is 5. The van der Waals surface area contributed by atoms with Crippen molar-refractivity contribution in [3.63, 3.8) is 0 Å². The molecule has 2 fully saturated rings. The summed E-state index contributed by atoms with van der Waals surface area (Å²) in [5.41, 5.74) is 0.449. The van der Waals surface area contributed by atoms with Gasteiger partial charge in [-0.25, -0.2) is 8.99 Å². The summed E-state index contributed by atoms with van der Waals surface area (Å²) in [6.45, 7) is 1.42. The molecule has 2 aromatic rings. The molecule has 0 bridgehead atoms. The van der Waals surface area contributed by atoms with Gasteiger partial charge in [0.05, 0.1) is 9.73 Å². The largest absolute Gasteiger partial charge is 0.456 e. The number of nitrogens with one attached hydrogen (secondary N) is 1. The molecule has 0 amide bonds. The van der Waals surface area contributed by atoms with Crippen molar-refractivity contribution in [3.05, 3.63) is 76.9 Å². The predicted molar refractivity (Wildman–Crippen MR) is 153 cm³/mol. The Morgan fingerprint density at radius 3 is 2.12 bits per heavy atom. The normalized spacial score (nSPS) is 32.4. The zero-order valence-corrected chi connectivity index (χ0v) is 24.8. The van der Waals surface area contributed by atoms with Crippen LogP contribution in [0, 0.1) is 22.0 Å². The Hall–Kier alpha value is -2.85. The molecule has 0 heterocycles. The number of ketones is 1. The molecule has 4 aliphatic rings. The van der Waals surface area contributed by atoms with Gasteiger partial charge in [-0.3, -0.25) is 4.79 Å². The summed E-state index contributed by atoms with van der Waals surface area (Å²) >= 11 is 0. The molecule has 10 heteroatoms. The minimum atomic E-state index is -5.89. The van der Waals surface area contributed by atoms with E-state index in [0.29, 0.717) is 30.6 Å². The third-order valence-electron chi connectivity index (χ3n) is 10.7. The first-order valence-electron chi connectivity index (χ1n) is 14.6. The summed E-state index contributed by atoms with van der Waals surface area (Å²) in [6.07, 6.45) is -1.58. The fourth-order valence-electron chi connectivity index (χ4n) is 8.53. The first-order valence-corrected chi connectivity index (χ1v) is 16.5. The minimum Gasteiger partial charge on any atom is -0.383 e. The van der Waals surface area contributed by atoms with Crippen LogP contribution in [0.1, 0.15) is 63.4 Å². The Labute approximate surface area is 248 Å². The highest BCUT2D eigenvalue weighted by atomic mass is 32.2. The monoisotopic (exact) mass is 619 g/mol. The molecule has 6 atom stereocenters. The van der Waals surface area contributed by atoms with Gasteiger partial charge in [-0.1, -0.05) is 48.9 Å². The van der Waals surface area contributed by atoms with Gasteiger partial charge in [-0.15, -0.1) is 0 Å². The van der Waals surface area contributed by atoms with Crippen molar-refractivity contribution in [2.24, 2.45) is 17.3 Å². The highest BCUT2D eigenvalue weighted by Gasteiger charge is 2.79. The molecule has 4 nitrogen and oxygen atoms in total. The van der Waals surface area contributed by atoms with E-state index in [0.717, 1.165) is 33.4 Å². The second kappa shape index (κ2) is 9.83. The van der Waals surface area contributed by atoms with Crippen LogP contribution in [0.2, 0.25) is 0 Å². The fourth-order valence-corrected chi connectivity index (χ4v) is 9.18. The van der Waals surface area contributed by atoms with E-state index in [2.05, 4.69) is 0 Å². The van der Waals surface area contributed by atoms with Crippen LogP contribution in [-0.2, 0) is 14.5 Å². The molecule has 0 radical (unpaired) electrons. The zero-order chi connectivity index (χ0) is 31.2. The molecule has 43 heavy (non-hydrogen) atoms. The van der Waals surface area contributed by atoms with E-state index >= 15 is 8.78 Å². The number of hydrogen-bond donors (Lipinski definition) is 2. The van der Waals surface area contributed by atoms with Crippen molar-refractivity contribution in [1.29, 1.82) is 4.78 Å². The van der Waals surface area contributed by atoms with Crippen molar-refractivity contribution in [2.75, 3.05) is 6.26 Å². The highest BCUT2D eigenvalue weighted by Crippen LogP contribution is 2.70. The summed E-state index contributed by atoms with van der Waals surface area (Å²) in [7, 11) is -2.87. The Kier molecular flexibility index (Phi) is 6.90. The maximum Gasteiger partial charge on any atom is 0.456 e. The average Bonchev–Trinajstić information content (AvgIpc) is 3.23. The Morgan fingerprint density at radius 2 is 1.53 bits per heavy atom. The summed E-state index contributed by atoms with van der Waals surface area (Å²) in [4.78, 5) is 12.7. The van der Waals surface area contributed by atoms with Gasteiger partial charge in [-0.2, -0.15) is 22.0 Å². The molecule has 0 aliphatic heterocycles. The van der Waals surface area contributed by atoms with E-state index in [1.54, 1.807) is 30.3 Å². The molecule has 0 aromatic heterocycles. The number of carbonyl (C=O) groups excluding carboxylic acids is 1. The highest BCUT2D eigenvalue weighted by molar-refractivity contribution is 7.91. The van der Waals surface area contributed by atoms with Crippen LogP contribution in [0.5, 0.6) is 0 Å². The zero-order valence-electron chi connectivity index (χ0n) is 23.9. The standard InChI is InChI=1S/C33H34F5NO3S/c1-30-18-27(21-5-3-19(4-6-21)20-7-11-24(12-8-20)43(2,39)42)29-25-14-10-23(40)17-22(25)9-13-26(29)28(30)15-16-31(30,41)32(34,35)33(36,37)38/h3-8,11-12,17,26-28,39,41H,9-10,13-16,18H2,1-2H3/t26?,27-,28?,30+,31+,43-/m1/s1. The minimum absolute atomic E-state index is 0.0368. The van der Waals surface area contributed by atoms with Crippen LogP contribution in [-0.4, -0.2) is 39.1 Å². The summed E-state index contributed by atoms with van der Waals surface area (Å²) in [6, 6.07) is 14.2. The average molecular weight is 620 g/mol. The molecule has 4 aliphatic carbocycles. The molecule has 6 rings (SSSR count). The van der Waals surface area contributed by atoms with Crippen molar-refractivity contribution in [1.82, 2.24) is 0 Å². The van der Waals surface area contributed by atoms with Gasteiger partial charge in [-0.05, 0) is 96.4 Å². The molecule has 2 saturated carbocycles. The third kappa shape index (κ3) is 4.54. The molecular formula is C33H34F5NO3S. The van der Waals surface area contributed by atoms with Crippen LogP contribution in [0.3, 0.4) is 0 Å². The number of fused-ring (bicyclic) bond motifs is 4. The van der Waals surface area contributed by atoms with E-state index in [1.165, 1.54) is 13.2 Å². The molecule has 2 aromatic carbocycles. The maximum atomic E-state index is 15.2. The van der Waals surface area contributed by atoms with Gasteiger partial charge in [0.25, 0.3) is 0 Å². The summed E-state index contributed by atoms with van der Waals surface area (Å²) in [5, 5.41) is 11.4. The molecule has 2 N–H and O–H groups in total. The SMILES string of the molecule is C[C@]12C[C@H](c3ccc(-c4ccc([S@](C)(=N)=O)cc4)cc3)C3=C4CCC(=O)C=C4CCC3C1CC[C@@]2(O)C(F)(F)C(F)(F)F. The summed E-state index contributed by atoms with van der Waals surface area (Å²) < 4.78 is 91.6. The number of hydrogen-bond acceptors (Lipinski definition) is 4. The molecule has 0 saturated heterocycles. The van der Waals surface area contributed by atoms with E-state index in [-0.39, 0.29) is 24.5 Å². The van der Waals surface area contributed by atoms with Crippen LogP contribution in [0.25, 0.3) is 11.1 Å². The number of allylic oxidation sites excluding steroid dienone is 4. The van der Waals surface area contributed by atoms with Gasteiger partial charge >= 0.3 is 12.1 Å². The molecular weight excluding hydrogens is 585 g/mol. The smallest absolute Gasteiger partial charge is 0.383 e. The predicted octanol–water partition coefficient (Wildman–Crippen LogP) is 8.22. The van der Waals surface area contributed by atoms with Crippen molar-refractivity contribution in [2.45, 2.75) is 80.4 Å². The lowest BCUT2D eigenvalue weighted by Gasteiger charge is -2.56. The lowest BCUT2D eigenvalue weighted by Crippen LogP contribution is -2.65. The van der Waals surface area contributed by atoms with Gasteiger partial charge in [0.2, 0.25) is 0 Å². The number of aliphatic hydroxyl groups is 1. The van der Waals surface area contributed by atoms with Crippen LogP contribution >= 0.6 is 0 Å². The van der Waals surface area contributed by atoms with Gasteiger partial charge in [0.15, 0.2) is 5.78 Å². The molecule has 230 valence electrons. The Bertz CT molecular complexity index is 1640. The molecule has 0 spiro atoms. The number of halogens is 5. The number of carbonyl (C=O) groups is 1. The maximum absolute atomic E-state index is 15.2. The van der Waals surface area contributed by atoms with Gasteiger partial charge in [0, 0.05) is 28.9 Å². The van der Waals surface area contributed by atoms with Gasteiger partial charge in [0.1, 0.15) is 5.60 Å². The van der Waals surface area contributed by atoms with E-state index in [1.807, 2.05) is 24.3 Å². The number of benzene rings is 2. The van der Waals surface area contributed by atoms with E-state index in [4.69, 9.17) is 4.78 Å². The second-order valence-corrected chi connectivity index (χ2v) is 15.1. The molecule has 2 unspecified atom stereocenters. The topological polar surface area (TPSA) is 78.2 Å². The Balaban J connectivity index is 1.45. The Morgan fingerprint density at radius 1 is 0.930 bits per heavy atom. The van der Waals surface area contributed by atoms with Gasteiger partial charge < -0.3 is 5.11 Å². The van der Waals surface area contributed by atoms with Crippen molar-refractivity contribution >= 4 is 15.5 Å². The first kappa shape index (κ1) is 30.2. The van der Waals surface area contributed by atoms with E-state index in [9.17, 15) is 27.3 Å². The lowest BCUT2D eigenvalue weighted by molar-refractivity contribution is -0.362. The quantitative estimate of drug-likeness (QED) is 0.339. The first-order chi connectivity index (χ1) is 20.0.